The Kier molecular flexibility index (Phi) is 7.31. The maximum absolute atomic E-state index is 10.7. The van der Waals surface area contributed by atoms with Crippen molar-refractivity contribution in [3.05, 3.63) is 38.3 Å². The summed E-state index contributed by atoms with van der Waals surface area (Å²) in [6.07, 6.45) is 4.44. The fourth-order valence-electron chi connectivity index (χ4n) is 1.57. The fourth-order valence-corrected chi connectivity index (χ4v) is 2.59. The van der Waals surface area contributed by atoms with Crippen LogP contribution < -0.4 is 5.32 Å². The Bertz CT molecular complexity index is 402. The molecule has 0 amide bonds. The van der Waals surface area contributed by atoms with Gasteiger partial charge in [-0.15, -0.1) is 0 Å². The molecule has 0 aliphatic rings. The minimum absolute atomic E-state index is 0.128. The zero-order valence-corrected chi connectivity index (χ0v) is 12.7. The molecule has 4 nitrogen and oxygen atoms in total. The first-order valence-corrected chi connectivity index (χ1v) is 7.95. The second kappa shape index (κ2) is 8.50. The summed E-state index contributed by atoms with van der Waals surface area (Å²) in [5.74, 6) is 1.18. The lowest BCUT2D eigenvalue weighted by atomic mass is 10.2. The number of hydrogen-bond acceptors (Lipinski definition) is 4. The van der Waals surface area contributed by atoms with Crippen LogP contribution in [0, 0.1) is 10.1 Å². The van der Waals surface area contributed by atoms with E-state index in [4.69, 9.17) is 0 Å². The van der Waals surface area contributed by atoms with Crippen LogP contribution in [0.1, 0.15) is 18.4 Å². The van der Waals surface area contributed by atoms with Crippen molar-refractivity contribution in [1.29, 1.82) is 0 Å². The zero-order chi connectivity index (χ0) is 13.4. The minimum atomic E-state index is -0.368. The van der Waals surface area contributed by atoms with E-state index in [1.54, 1.807) is 6.07 Å². The first-order valence-electron chi connectivity index (χ1n) is 5.77. The van der Waals surface area contributed by atoms with E-state index in [1.165, 1.54) is 18.2 Å². The molecule has 0 radical (unpaired) electrons. The highest BCUT2D eigenvalue weighted by Crippen LogP contribution is 2.21. The SMILES string of the molecule is CSCCCCNCc1cc(Br)cc([N+](=O)[O-])c1. The topological polar surface area (TPSA) is 55.2 Å². The van der Waals surface area contributed by atoms with Crippen molar-refractivity contribution < 1.29 is 4.92 Å². The second-order valence-electron chi connectivity index (χ2n) is 3.95. The van der Waals surface area contributed by atoms with Gasteiger partial charge in [0.25, 0.3) is 5.69 Å². The summed E-state index contributed by atoms with van der Waals surface area (Å²) in [6.45, 7) is 1.61. The summed E-state index contributed by atoms with van der Waals surface area (Å²) in [6, 6.07) is 5.03. The minimum Gasteiger partial charge on any atom is -0.313 e. The highest BCUT2D eigenvalue weighted by molar-refractivity contribution is 9.10. The van der Waals surface area contributed by atoms with Crippen molar-refractivity contribution in [2.75, 3.05) is 18.6 Å². The van der Waals surface area contributed by atoms with Gasteiger partial charge in [0.2, 0.25) is 0 Å². The van der Waals surface area contributed by atoms with Gasteiger partial charge in [0.15, 0.2) is 0 Å². The fraction of sp³-hybridized carbons (Fsp3) is 0.500. The number of thioether (sulfide) groups is 1. The van der Waals surface area contributed by atoms with Crippen molar-refractivity contribution in [2.24, 2.45) is 0 Å². The molecule has 0 saturated carbocycles. The maximum Gasteiger partial charge on any atom is 0.270 e. The molecule has 0 spiro atoms. The summed E-state index contributed by atoms with van der Waals surface area (Å²) in [5.41, 5.74) is 1.06. The van der Waals surface area contributed by atoms with Gasteiger partial charge in [0.05, 0.1) is 4.92 Å². The van der Waals surface area contributed by atoms with Crippen LogP contribution >= 0.6 is 27.7 Å². The number of halogens is 1. The predicted octanol–water partition coefficient (Wildman–Crippen LogP) is 3.59. The average molecular weight is 333 g/mol. The number of nitrogens with zero attached hydrogens (tertiary/aromatic N) is 1. The first-order chi connectivity index (χ1) is 8.63. The van der Waals surface area contributed by atoms with E-state index in [-0.39, 0.29) is 10.6 Å². The van der Waals surface area contributed by atoms with Crippen LogP contribution in [-0.2, 0) is 6.54 Å². The van der Waals surface area contributed by atoms with Gasteiger partial charge in [-0.3, -0.25) is 10.1 Å². The number of nitrogens with one attached hydrogen (secondary N) is 1. The third-order valence-electron chi connectivity index (χ3n) is 2.43. The molecule has 18 heavy (non-hydrogen) atoms. The maximum atomic E-state index is 10.7. The number of nitro groups is 1. The highest BCUT2D eigenvalue weighted by atomic mass is 79.9. The normalized spacial score (nSPS) is 10.6. The third kappa shape index (κ3) is 5.84. The lowest BCUT2D eigenvalue weighted by Crippen LogP contribution is -2.15. The average Bonchev–Trinajstić information content (AvgIpc) is 2.33. The monoisotopic (exact) mass is 332 g/mol. The number of nitro benzene ring substituents is 1. The van der Waals surface area contributed by atoms with Crippen molar-refractivity contribution in [2.45, 2.75) is 19.4 Å². The van der Waals surface area contributed by atoms with Crippen LogP contribution in [0.3, 0.4) is 0 Å². The van der Waals surface area contributed by atoms with Crippen LogP contribution in [0.2, 0.25) is 0 Å². The second-order valence-corrected chi connectivity index (χ2v) is 5.85. The molecular formula is C12H17BrN2O2S. The van der Waals surface area contributed by atoms with Crippen molar-refractivity contribution >= 4 is 33.4 Å². The molecule has 1 N–H and O–H groups in total. The molecule has 0 heterocycles. The van der Waals surface area contributed by atoms with E-state index in [1.807, 2.05) is 17.8 Å². The van der Waals surface area contributed by atoms with Gasteiger partial charge in [-0.25, -0.2) is 0 Å². The van der Waals surface area contributed by atoms with Crippen molar-refractivity contribution in [1.82, 2.24) is 5.32 Å². The van der Waals surface area contributed by atoms with E-state index >= 15 is 0 Å². The Morgan fingerprint density at radius 2 is 2.17 bits per heavy atom. The van der Waals surface area contributed by atoms with Crippen molar-refractivity contribution in [3.8, 4) is 0 Å². The first kappa shape index (κ1) is 15.5. The smallest absolute Gasteiger partial charge is 0.270 e. The van der Waals surface area contributed by atoms with E-state index in [0.717, 1.165) is 23.0 Å². The number of unbranched alkanes of at least 4 members (excludes halogenated alkanes) is 1. The van der Waals surface area contributed by atoms with Gasteiger partial charge in [0.1, 0.15) is 0 Å². The zero-order valence-electron chi connectivity index (χ0n) is 10.3. The molecule has 1 aromatic rings. The molecule has 100 valence electrons. The Hall–Kier alpha value is -0.590. The van der Waals surface area contributed by atoms with Crippen LogP contribution in [0.15, 0.2) is 22.7 Å². The van der Waals surface area contributed by atoms with Gasteiger partial charge in [-0.2, -0.15) is 11.8 Å². The third-order valence-corrected chi connectivity index (χ3v) is 3.59. The summed E-state index contributed by atoms with van der Waals surface area (Å²) in [7, 11) is 0. The molecule has 6 heteroatoms. The molecule has 0 aliphatic carbocycles. The summed E-state index contributed by atoms with van der Waals surface area (Å²) < 4.78 is 0.746. The molecule has 0 atom stereocenters. The van der Waals surface area contributed by atoms with Crippen LogP contribution in [0.25, 0.3) is 0 Å². The predicted molar refractivity (Wildman–Crippen MR) is 80.1 cm³/mol. The number of hydrogen-bond donors (Lipinski definition) is 1. The number of benzene rings is 1. The highest BCUT2D eigenvalue weighted by Gasteiger charge is 2.08. The molecule has 0 bridgehead atoms. The molecule has 1 rings (SSSR count). The molecule has 0 aliphatic heterocycles. The molecule has 0 saturated heterocycles. The number of rotatable bonds is 8. The van der Waals surface area contributed by atoms with E-state index in [2.05, 4.69) is 27.5 Å². The quantitative estimate of drug-likeness (QED) is 0.449. The van der Waals surface area contributed by atoms with Gasteiger partial charge >= 0.3 is 0 Å². The van der Waals surface area contributed by atoms with E-state index in [9.17, 15) is 10.1 Å². The number of non-ortho nitro benzene ring substituents is 1. The molecule has 0 unspecified atom stereocenters. The molecule has 1 aromatic carbocycles. The van der Waals surface area contributed by atoms with E-state index in [0.29, 0.717) is 6.54 Å². The summed E-state index contributed by atoms with van der Waals surface area (Å²) in [5, 5.41) is 14.0. The van der Waals surface area contributed by atoms with E-state index < -0.39 is 0 Å². The Morgan fingerprint density at radius 3 is 2.83 bits per heavy atom. The van der Waals surface area contributed by atoms with Crippen LogP contribution in [-0.4, -0.2) is 23.5 Å². The van der Waals surface area contributed by atoms with Gasteiger partial charge in [-0.05, 0) is 43.0 Å². The molecular weight excluding hydrogens is 316 g/mol. The molecule has 0 aromatic heterocycles. The van der Waals surface area contributed by atoms with Crippen LogP contribution in [0.4, 0.5) is 5.69 Å². The standard InChI is InChI=1S/C12H17BrN2O2S/c1-18-5-3-2-4-14-9-10-6-11(13)8-12(7-10)15(16)17/h6-8,14H,2-5,9H2,1H3. The lowest BCUT2D eigenvalue weighted by molar-refractivity contribution is -0.385. The summed E-state index contributed by atoms with van der Waals surface area (Å²) in [4.78, 5) is 10.3. The lowest BCUT2D eigenvalue weighted by Gasteiger charge is -2.05. The van der Waals surface area contributed by atoms with Crippen LogP contribution in [0.5, 0.6) is 0 Å². The Balaban J connectivity index is 2.40. The Morgan fingerprint density at radius 1 is 1.39 bits per heavy atom. The Labute approximate surface area is 120 Å². The van der Waals surface area contributed by atoms with Gasteiger partial charge < -0.3 is 5.32 Å². The van der Waals surface area contributed by atoms with Crippen molar-refractivity contribution in [3.63, 3.8) is 0 Å². The summed E-state index contributed by atoms with van der Waals surface area (Å²) >= 11 is 5.14. The largest absolute Gasteiger partial charge is 0.313 e. The van der Waals surface area contributed by atoms with Gasteiger partial charge in [-0.1, -0.05) is 15.9 Å². The molecule has 0 fully saturated rings. The van der Waals surface area contributed by atoms with Gasteiger partial charge in [0, 0.05) is 23.2 Å².